The number of halogens is 1. The molecule has 0 radical (unpaired) electrons. The molecule has 0 spiro atoms. The zero-order chi connectivity index (χ0) is 15.9. The van der Waals surface area contributed by atoms with Gasteiger partial charge in [-0.05, 0) is 48.0 Å². The number of hydrogen-bond donors (Lipinski definition) is 1. The Morgan fingerprint density at radius 1 is 1.32 bits per heavy atom. The van der Waals surface area contributed by atoms with Gasteiger partial charge in [0, 0.05) is 11.8 Å². The summed E-state index contributed by atoms with van der Waals surface area (Å²) in [6, 6.07) is 11.1. The van der Waals surface area contributed by atoms with E-state index in [2.05, 4.69) is 32.1 Å². The molecule has 0 saturated heterocycles. The monoisotopic (exact) mass is 356 g/mol. The maximum Gasteiger partial charge on any atom is 0.170 e. The lowest BCUT2D eigenvalue weighted by Crippen LogP contribution is -2.17. The van der Waals surface area contributed by atoms with Gasteiger partial charge >= 0.3 is 0 Å². The van der Waals surface area contributed by atoms with Crippen LogP contribution in [0, 0.1) is 11.3 Å². The molecule has 0 fully saturated rings. The molecule has 0 aliphatic rings. The lowest BCUT2D eigenvalue weighted by molar-refractivity contribution is 0.0740. The molecule has 6 heteroatoms. The third-order valence-corrected chi connectivity index (χ3v) is 4.05. The van der Waals surface area contributed by atoms with Crippen molar-refractivity contribution in [2.75, 3.05) is 0 Å². The molecule has 0 aliphatic heterocycles. The van der Waals surface area contributed by atoms with Crippen molar-refractivity contribution >= 4 is 21.6 Å². The van der Waals surface area contributed by atoms with Gasteiger partial charge in [0.1, 0.15) is 11.3 Å². The van der Waals surface area contributed by atoms with E-state index in [9.17, 15) is 5.11 Å². The summed E-state index contributed by atoms with van der Waals surface area (Å²) < 4.78 is 2.38. The average Bonchev–Trinajstić information content (AvgIpc) is 2.83. The predicted octanol–water partition coefficient (Wildman–Crippen LogP) is 3.26. The highest BCUT2D eigenvalue weighted by Gasteiger charge is 2.20. The van der Waals surface area contributed by atoms with Gasteiger partial charge in [-0.1, -0.05) is 12.1 Å². The van der Waals surface area contributed by atoms with Crippen molar-refractivity contribution in [2.45, 2.75) is 19.4 Å². The minimum absolute atomic E-state index is 0.568. The molecular weight excluding hydrogens is 344 g/mol. The van der Waals surface area contributed by atoms with E-state index in [1.165, 1.54) is 0 Å². The number of aliphatic hydroxyl groups is 1. The molecule has 0 unspecified atom stereocenters. The maximum absolute atomic E-state index is 10.1. The lowest BCUT2D eigenvalue weighted by atomic mass is 10.1. The van der Waals surface area contributed by atoms with Crippen molar-refractivity contribution in [3.05, 3.63) is 52.3 Å². The second-order valence-corrected chi connectivity index (χ2v) is 6.29. The fourth-order valence-corrected chi connectivity index (χ4v) is 2.74. The Morgan fingerprint density at radius 2 is 2.09 bits per heavy atom. The fourth-order valence-electron chi connectivity index (χ4n) is 2.16. The van der Waals surface area contributed by atoms with Gasteiger partial charge in [0.2, 0.25) is 0 Å². The third-order valence-electron chi connectivity index (χ3n) is 3.32. The van der Waals surface area contributed by atoms with Crippen molar-refractivity contribution in [3.63, 3.8) is 0 Å². The van der Waals surface area contributed by atoms with Crippen LogP contribution in [0.15, 0.2) is 41.0 Å². The molecule has 2 aromatic heterocycles. The van der Waals surface area contributed by atoms with Gasteiger partial charge in [0.25, 0.3) is 0 Å². The van der Waals surface area contributed by atoms with Crippen LogP contribution in [-0.4, -0.2) is 19.7 Å². The van der Waals surface area contributed by atoms with E-state index in [1.807, 2.05) is 12.1 Å². The van der Waals surface area contributed by atoms with Crippen LogP contribution in [0.2, 0.25) is 0 Å². The van der Waals surface area contributed by atoms with Gasteiger partial charge in [0.05, 0.1) is 21.8 Å². The highest BCUT2D eigenvalue weighted by molar-refractivity contribution is 9.10. The van der Waals surface area contributed by atoms with E-state index in [4.69, 9.17) is 5.26 Å². The van der Waals surface area contributed by atoms with Crippen LogP contribution in [0.25, 0.3) is 16.9 Å². The topological polar surface area (TPSA) is 74.2 Å². The number of nitriles is 1. The summed E-state index contributed by atoms with van der Waals surface area (Å²) in [5.74, 6) is 0. The Labute approximate surface area is 136 Å². The minimum Gasteiger partial charge on any atom is -0.384 e. The van der Waals surface area contributed by atoms with E-state index in [-0.39, 0.29) is 0 Å². The zero-order valence-electron chi connectivity index (χ0n) is 12.1. The summed E-state index contributed by atoms with van der Waals surface area (Å²) in [5.41, 5.74) is 2.28. The van der Waals surface area contributed by atoms with Crippen molar-refractivity contribution in [3.8, 4) is 17.3 Å². The summed E-state index contributed by atoms with van der Waals surface area (Å²) in [6.45, 7) is 3.38. The first-order chi connectivity index (χ1) is 10.4. The highest BCUT2D eigenvalue weighted by Crippen LogP contribution is 2.31. The predicted molar refractivity (Wildman–Crippen MR) is 86.1 cm³/mol. The quantitative estimate of drug-likeness (QED) is 0.764. The van der Waals surface area contributed by atoms with Crippen LogP contribution in [0.1, 0.15) is 25.1 Å². The standard InChI is InChI=1S/C16H13BrN4O/c1-16(2,22)12-6-7-21-15(19-12)13(17)14(20-21)11-5-3-4-10(8-11)9-18/h3-8,22H,1-2H3. The molecule has 1 aromatic carbocycles. The van der Waals surface area contributed by atoms with E-state index >= 15 is 0 Å². The van der Waals surface area contributed by atoms with Crippen molar-refractivity contribution in [1.82, 2.24) is 14.6 Å². The van der Waals surface area contributed by atoms with Gasteiger partial charge in [-0.25, -0.2) is 9.50 Å². The summed E-state index contributed by atoms with van der Waals surface area (Å²) in [6.07, 6.45) is 1.76. The Kier molecular flexibility index (Phi) is 3.47. The van der Waals surface area contributed by atoms with Gasteiger partial charge < -0.3 is 5.11 Å². The zero-order valence-corrected chi connectivity index (χ0v) is 13.7. The van der Waals surface area contributed by atoms with E-state index < -0.39 is 5.60 Å². The van der Waals surface area contributed by atoms with Crippen LogP contribution < -0.4 is 0 Å². The van der Waals surface area contributed by atoms with Crippen LogP contribution in [0.5, 0.6) is 0 Å². The second-order valence-electron chi connectivity index (χ2n) is 5.50. The first-order valence-corrected chi connectivity index (χ1v) is 7.48. The maximum atomic E-state index is 10.1. The summed E-state index contributed by atoms with van der Waals surface area (Å²) in [4.78, 5) is 4.47. The minimum atomic E-state index is -1.02. The molecule has 5 nitrogen and oxygen atoms in total. The van der Waals surface area contributed by atoms with Crippen molar-refractivity contribution < 1.29 is 5.11 Å². The molecule has 3 rings (SSSR count). The normalized spacial score (nSPS) is 11.6. The number of aromatic nitrogens is 3. The first-order valence-electron chi connectivity index (χ1n) is 6.68. The SMILES string of the molecule is CC(C)(O)c1ccn2nc(-c3cccc(C#N)c3)c(Br)c2n1. The summed E-state index contributed by atoms with van der Waals surface area (Å²) in [7, 11) is 0. The largest absolute Gasteiger partial charge is 0.384 e. The van der Waals surface area contributed by atoms with Gasteiger partial charge in [-0.15, -0.1) is 0 Å². The van der Waals surface area contributed by atoms with Crippen molar-refractivity contribution in [1.29, 1.82) is 5.26 Å². The molecule has 0 amide bonds. The molecule has 0 saturated carbocycles. The molecule has 1 N–H and O–H groups in total. The number of fused-ring (bicyclic) bond motifs is 1. The molecular formula is C16H13BrN4O. The second kappa shape index (κ2) is 5.20. The van der Waals surface area contributed by atoms with E-state index in [1.54, 1.807) is 42.8 Å². The Balaban J connectivity index is 2.20. The number of hydrogen-bond acceptors (Lipinski definition) is 4. The van der Waals surface area contributed by atoms with Crippen LogP contribution in [0.4, 0.5) is 0 Å². The molecule has 3 aromatic rings. The molecule has 0 bridgehead atoms. The Morgan fingerprint density at radius 3 is 2.77 bits per heavy atom. The van der Waals surface area contributed by atoms with Gasteiger partial charge in [-0.3, -0.25) is 0 Å². The molecule has 0 aliphatic carbocycles. The third kappa shape index (κ3) is 2.49. The molecule has 110 valence electrons. The smallest absolute Gasteiger partial charge is 0.170 e. The van der Waals surface area contributed by atoms with Crippen molar-refractivity contribution in [2.24, 2.45) is 0 Å². The van der Waals surface area contributed by atoms with E-state index in [0.29, 0.717) is 22.6 Å². The number of benzene rings is 1. The van der Waals surface area contributed by atoms with Gasteiger partial charge in [0.15, 0.2) is 5.65 Å². The van der Waals surface area contributed by atoms with Gasteiger partial charge in [-0.2, -0.15) is 10.4 Å². The summed E-state index contributed by atoms with van der Waals surface area (Å²) in [5, 5.41) is 23.6. The Hall–Kier alpha value is -2.23. The van der Waals surface area contributed by atoms with Crippen LogP contribution in [0.3, 0.4) is 0 Å². The summed E-state index contributed by atoms with van der Waals surface area (Å²) >= 11 is 3.53. The lowest BCUT2D eigenvalue weighted by Gasteiger charge is -2.15. The highest BCUT2D eigenvalue weighted by atomic mass is 79.9. The van der Waals surface area contributed by atoms with Crippen LogP contribution >= 0.6 is 15.9 Å². The number of rotatable bonds is 2. The Bertz CT molecular complexity index is 903. The molecule has 22 heavy (non-hydrogen) atoms. The number of nitrogens with zero attached hydrogens (tertiary/aromatic N) is 4. The van der Waals surface area contributed by atoms with Crippen LogP contribution in [-0.2, 0) is 5.60 Å². The fraction of sp³-hybridized carbons (Fsp3) is 0.188. The molecule has 0 atom stereocenters. The molecule has 2 heterocycles. The average molecular weight is 357 g/mol. The van der Waals surface area contributed by atoms with E-state index in [0.717, 1.165) is 10.0 Å². The first kappa shape index (κ1) is 14.7.